The molecular formula is C28H31FN2O2. The molecule has 2 aromatic carbocycles. The van der Waals surface area contributed by atoms with Crippen LogP contribution < -0.4 is 4.74 Å². The summed E-state index contributed by atoms with van der Waals surface area (Å²) in [6.07, 6.45) is 7.43. The lowest BCUT2D eigenvalue weighted by molar-refractivity contribution is -0.120. The van der Waals surface area contributed by atoms with Crippen LogP contribution in [0.1, 0.15) is 72.7 Å². The Hall–Kier alpha value is -2.66. The number of H-pyrrole nitrogens is 1. The summed E-state index contributed by atoms with van der Waals surface area (Å²) in [5, 5.41) is 1.35. The first-order chi connectivity index (χ1) is 16.0. The van der Waals surface area contributed by atoms with E-state index in [1.807, 2.05) is 12.1 Å². The minimum atomic E-state index is -0.640. The Labute approximate surface area is 194 Å². The zero-order valence-electron chi connectivity index (χ0n) is 19.1. The zero-order chi connectivity index (χ0) is 22.6. The summed E-state index contributed by atoms with van der Waals surface area (Å²) < 4.78 is 18.9. The third kappa shape index (κ3) is 3.76. The van der Waals surface area contributed by atoms with Gasteiger partial charge < -0.3 is 9.72 Å². The monoisotopic (exact) mass is 446 g/mol. The van der Waals surface area contributed by atoms with Crippen molar-refractivity contribution in [2.24, 2.45) is 5.41 Å². The summed E-state index contributed by atoms with van der Waals surface area (Å²) in [5.74, 6) is 1.24. The third-order valence-corrected chi connectivity index (χ3v) is 8.32. The lowest BCUT2D eigenvalue weighted by Gasteiger charge is -2.53. The maximum absolute atomic E-state index is 13.9. The average molecular weight is 447 g/mol. The lowest BCUT2D eigenvalue weighted by atomic mass is 9.60. The first-order valence-corrected chi connectivity index (χ1v) is 12.2. The number of carbonyl (C=O) groups is 1. The second kappa shape index (κ2) is 7.98. The van der Waals surface area contributed by atoms with Crippen molar-refractivity contribution in [3.8, 4) is 5.75 Å². The molecule has 5 heteroatoms. The first-order valence-electron chi connectivity index (χ1n) is 12.2. The number of hydrogen-bond donors (Lipinski definition) is 1. The van der Waals surface area contributed by atoms with Crippen LogP contribution in [0.4, 0.5) is 4.39 Å². The van der Waals surface area contributed by atoms with Crippen LogP contribution in [-0.2, 0) is 11.3 Å². The van der Waals surface area contributed by atoms with Gasteiger partial charge in [0.05, 0.1) is 0 Å². The fraction of sp³-hybridized carbons (Fsp3) is 0.464. The summed E-state index contributed by atoms with van der Waals surface area (Å²) in [7, 11) is 0. The number of hydrogen-bond acceptors (Lipinski definition) is 3. The number of alkyl halides is 1. The van der Waals surface area contributed by atoms with Crippen LogP contribution in [0.5, 0.6) is 5.75 Å². The Balaban J connectivity index is 1.36. The number of aryl methyl sites for hydroxylation is 1. The van der Waals surface area contributed by atoms with Crippen molar-refractivity contribution in [1.82, 2.24) is 9.88 Å². The van der Waals surface area contributed by atoms with Gasteiger partial charge in [0.1, 0.15) is 11.9 Å². The van der Waals surface area contributed by atoms with E-state index in [0.717, 1.165) is 25.9 Å². The van der Waals surface area contributed by atoms with Crippen LogP contribution in [0.3, 0.4) is 0 Å². The van der Waals surface area contributed by atoms with Gasteiger partial charge in [0.15, 0.2) is 0 Å². The van der Waals surface area contributed by atoms with E-state index in [2.05, 4.69) is 47.3 Å². The van der Waals surface area contributed by atoms with Crippen LogP contribution >= 0.6 is 0 Å². The van der Waals surface area contributed by atoms with Crippen molar-refractivity contribution in [2.75, 3.05) is 6.54 Å². The predicted octanol–water partition coefficient (Wildman–Crippen LogP) is 6.34. The van der Waals surface area contributed by atoms with Gasteiger partial charge in [-0.2, -0.15) is 0 Å². The number of halogens is 1. The van der Waals surface area contributed by atoms with Crippen molar-refractivity contribution in [3.63, 3.8) is 0 Å². The van der Waals surface area contributed by atoms with Crippen LogP contribution in [-0.4, -0.2) is 29.1 Å². The highest BCUT2D eigenvalue weighted by Crippen LogP contribution is 2.55. The molecule has 4 nitrogen and oxygen atoms in total. The summed E-state index contributed by atoms with van der Waals surface area (Å²) in [4.78, 5) is 16.8. The number of carbonyl (C=O) groups excluding carboxylic acids is 1. The molecule has 1 aliphatic heterocycles. The number of nitrogens with one attached hydrogen (secondary N) is 1. The smallest absolute Gasteiger partial charge is 0.298 e. The number of nitrogens with zero attached hydrogens (tertiary/aromatic N) is 1. The molecule has 1 spiro atoms. The van der Waals surface area contributed by atoms with Gasteiger partial charge in [-0.3, -0.25) is 9.69 Å². The normalized spacial score (nSPS) is 27.6. The maximum Gasteiger partial charge on any atom is 0.298 e. The van der Waals surface area contributed by atoms with E-state index in [1.54, 1.807) is 0 Å². The number of aromatic nitrogens is 1. The minimum absolute atomic E-state index is 0.133. The topological polar surface area (TPSA) is 45.3 Å². The van der Waals surface area contributed by atoms with Crippen molar-refractivity contribution in [2.45, 2.75) is 70.1 Å². The Kier molecular flexibility index (Phi) is 5.06. The molecule has 0 unspecified atom stereocenters. The van der Waals surface area contributed by atoms with Crippen LogP contribution in [0.25, 0.3) is 10.9 Å². The molecule has 3 aliphatic rings. The van der Waals surface area contributed by atoms with E-state index < -0.39 is 6.17 Å². The van der Waals surface area contributed by atoms with Gasteiger partial charge in [-0.05, 0) is 104 Å². The van der Waals surface area contributed by atoms with Crippen LogP contribution in [0.2, 0.25) is 0 Å². The Bertz CT molecular complexity index is 1170. The van der Waals surface area contributed by atoms with Gasteiger partial charge in [0, 0.05) is 29.7 Å². The third-order valence-electron chi connectivity index (χ3n) is 8.32. The summed E-state index contributed by atoms with van der Waals surface area (Å²) in [6, 6.07) is 12.8. The van der Waals surface area contributed by atoms with Gasteiger partial charge in [0.25, 0.3) is 6.47 Å². The van der Waals surface area contributed by atoms with Gasteiger partial charge in [-0.15, -0.1) is 0 Å². The molecule has 1 saturated heterocycles. The quantitative estimate of drug-likeness (QED) is 0.449. The first kappa shape index (κ1) is 20.9. The molecule has 0 bridgehead atoms. The molecule has 1 aromatic heterocycles. The van der Waals surface area contributed by atoms with Crippen LogP contribution in [0.15, 0.2) is 42.6 Å². The molecule has 3 fully saturated rings. The SMILES string of the molecule is Cc1cc(C2CC2)c(CN2CCC3(CC(F)C3)C[C@H]2c2ccc(OC=O)cc2)c2cc[nH]c12. The molecule has 0 amide bonds. The molecule has 172 valence electrons. The number of benzene rings is 2. The van der Waals surface area contributed by atoms with E-state index in [1.165, 1.54) is 46.0 Å². The van der Waals surface area contributed by atoms with Gasteiger partial charge in [-0.25, -0.2) is 4.39 Å². The zero-order valence-corrected chi connectivity index (χ0v) is 19.1. The number of likely N-dealkylation sites (tertiary alicyclic amines) is 1. The molecule has 2 aliphatic carbocycles. The van der Waals surface area contributed by atoms with E-state index in [4.69, 9.17) is 4.74 Å². The maximum atomic E-state index is 13.9. The minimum Gasteiger partial charge on any atom is -0.429 e. The molecular weight excluding hydrogens is 415 g/mol. The molecule has 6 rings (SSSR count). The average Bonchev–Trinajstić information content (AvgIpc) is 3.52. The number of rotatable bonds is 6. The molecule has 2 heterocycles. The highest BCUT2D eigenvalue weighted by molar-refractivity contribution is 5.87. The number of fused-ring (bicyclic) bond motifs is 1. The summed E-state index contributed by atoms with van der Waals surface area (Å²) >= 11 is 0. The Morgan fingerprint density at radius 2 is 1.97 bits per heavy atom. The highest BCUT2D eigenvalue weighted by Gasteiger charge is 2.49. The van der Waals surface area contributed by atoms with E-state index >= 15 is 0 Å². The molecule has 1 N–H and O–H groups in total. The van der Waals surface area contributed by atoms with Crippen molar-refractivity contribution in [3.05, 3.63) is 64.8 Å². The van der Waals surface area contributed by atoms with Gasteiger partial charge in [0.2, 0.25) is 0 Å². The molecule has 0 radical (unpaired) electrons. The lowest BCUT2D eigenvalue weighted by Crippen LogP contribution is -2.49. The van der Waals surface area contributed by atoms with Crippen molar-refractivity contribution < 1.29 is 13.9 Å². The van der Waals surface area contributed by atoms with E-state index in [-0.39, 0.29) is 11.5 Å². The Morgan fingerprint density at radius 3 is 2.67 bits per heavy atom. The molecule has 2 saturated carbocycles. The fourth-order valence-electron chi connectivity index (χ4n) is 6.40. The second-order valence-corrected chi connectivity index (χ2v) is 10.5. The Morgan fingerprint density at radius 1 is 1.18 bits per heavy atom. The van der Waals surface area contributed by atoms with Crippen molar-refractivity contribution >= 4 is 17.4 Å². The predicted molar refractivity (Wildman–Crippen MR) is 127 cm³/mol. The molecule has 1 atom stereocenters. The second-order valence-electron chi connectivity index (χ2n) is 10.5. The fourth-order valence-corrected chi connectivity index (χ4v) is 6.40. The summed E-state index contributed by atoms with van der Waals surface area (Å²) in [6.45, 7) is 4.56. The van der Waals surface area contributed by atoms with Crippen molar-refractivity contribution in [1.29, 1.82) is 0 Å². The number of aromatic amines is 1. The van der Waals surface area contributed by atoms with Gasteiger partial charge >= 0.3 is 0 Å². The summed E-state index contributed by atoms with van der Waals surface area (Å²) in [5.41, 5.74) is 6.89. The van der Waals surface area contributed by atoms with Gasteiger partial charge in [-0.1, -0.05) is 18.2 Å². The number of ether oxygens (including phenoxy) is 1. The molecule has 33 heavy (non-hydrogen) atoms. The highest BCUT2D eigenvalue weighted by atomic mass is 19.1. The number of piperidine rings is 1. The van der Waals surface area contributed by atoms with E-state index in [9.17, 15) is 9.18 Å². The molecule has 3 aromatic rings. The van der Waals surface area contributed by atoms with Crippen LogP contribution in [0, 0.1) is 12.3 Å². The van der Waals surface area contributed by atoms with E-state index in [0.29, 0.717) is 31.0 Å². The standard InChI is InChI=1S/C28H31FN2O2/c1-18-12-24(19-2-3-19)25(23-8-10-30-27(18)23)16-31-11-9-28(13-21(29)14-28)15-26(31)20-4-6-22(7-5-20)33-17-32/h4-8,10,12,17,19,21,26,30H,2-3,9,11,13-16H2,1H3/t21?,26-,28?/m0/s1. The largest absolute Gasteiger partial charge is 0.429 e.